The molecular formula is C14H17ClN2O2. The zero-order valence-corrected chi connectivity index (χ0v) is 11.6. The second kappa shape index (κ2) is 7.65. The highest BCUT2D eigenvalue weighted by molar-refractivity contribution is 6.33. The fraction of sp³-hybridized carbons (Fsp3) is 0.429. The van der Waals surface area contributed by atoms with Crippen molar-refractivity contribution in [2.24, 2.45) is 5.92 Å². The van der Waals surface area contributed by atoms with Gasteiger partial charge in [-0.25, -0.2) is 0 Å². The maximum absolute atomic E-state index is 10.4. The second-order valence-electron chi connectivity index (χ2n) is 4.56. The lowest BCUT2D eigenvalue weighted by atomic mass is 10.0. The molecule has 0 aliphatic rings. The van der Waals surface area contributed by atoms with E-state index in [1.165, 1.54) is 0 Å². The smallest absolute Gasteiger partial charge is 0.303 e. The van der Waals surface area contributed by atoms with Gasteiger partial charge in [0.1, 0.15) is 0 Å². The van der Waals surface area contributed by atoms with Crippen LogP contribution in [0, 0.1) is 17.2 Å². The van der Waals surface area contributed by atoms with Crippen LogP contribution < -0.4 is 5.32 Å². The normalized spacial score (nSPS) is 11.6. The van der Waals surface area contributed by atoms with E-state index in [0.717, 1.165) is 18.7 Å². The van der Waals surface area contributed by atoms with Gasteiger partial charge in [-0.05, 0) is 37.0 Å². The molecule has 1 aromatic carbocycles. The number of nitrogens with one attached hydrogen (secondary N) is 1. The molecule has 2 N–H and O–H groups in total. The van der Waals surface area contributed by atoms with E-state index in [2.05, 4.69) is 5.32 Å². The molecule has 102 valence electrons. The predicted molar refractivity (Wildman–Crippen MR) is 75.3 cm³/mol. The van der Waals surface area contributed by atoms with Crippen molar-refractivity contribution in [2.45, 2.75) is 26.2 Å². The minimum absolute atomic E-state index is 0.207. The number of carboxylic acid groups (broad SMARTS) is 1. The standard InChI is InChI=1S/C14H17ClN2O2/c1-10(2-5-14(18)19)6-7-17-13-4-3-11(9-16)8-12(13)15/h3-4,8,10,17H,2,5-7H2,1H3,(H,18,19). The Morgan fingerprint density at radius 3 is 2.84 bits per heavy atom. The number of hydrogen-bond donors (Lipinski definition) is 2. The van der Waals surface area contributed by atoms with Crippen LogP contribution in [-0.4, -0.2) is 17.6 Å². The molecule has 0 aromatic heterocycles. The number of nitriles is 1. The van der Waals surface area contributed by atoms with E-state index in [9.17, 15) is 4.79 Å². The van der Waals surface area contributed by atoms with Crippen LogP contribution in [0.1, 0.15) is 31.7 Å². The van der Waals surface area contributed by atoms with Gasteiger partial charge < -0.3 is 10.4 Å². The van der Waals surface area contributed by atoms with E-state index in [0.29, 0.717) is 22.9 Å². The first-order valence-corrected chi connectivity index (χ1v) is 6.56. The zero-order valence-electron chi connectivity index (χ0n) is 10.8. The quantitative estimate of drug-likeness (QED) is 0.801. The number of anilines is 1. The van der Waals surface area contributed by atoms with E-state index < -0.39 is 5.97 Å². The number of benzene rings is 1. The Morgan fingerprint density at radius 2 is 2.26 bits per heavy atom. The van der Waals surface area contributed by atoms with Crippen molar-refractivity contribution in [2.75, 3.05) is 11.9 Å². The SMILES string of the molecule is CC(CCNc1ccc(C#N)cc1Cl)CCC(=O)O. The summed E-state index contributed by atoms with van der Waals surface area (Å²) in [5, 5.41) is 21.0. The molecule has 0 fully saturated rings. The molecule has 0 heterocycles. The summed E-state index contributed by atoms with van der Waals surface area (Å²) in [4.78, 5) is 10.4. The highest BCUT2D eigenvalue weighted by Crippen LogP contribution is 2.23. The highest BCUT2D eigenvalue weighted by atomic mass is 35.5. The molecule has 1 atom stereocenters. The summed E-state index contributed by atoms with van der Waals surface area (Å²) in [6, 6.07) is 7.14. The summed E-state index contributed by atoms with van der Waals surface area (Å²) < 4.78 is 0. The summed E-state index contributed by atoms with van der Waals surface area (Å²) in [5.74, 6) is -0.407. The fourth-order valence-corrected chi connectivity index (χ4v) is 1.94. The Kier molecular flexibility index (Phi) is 6.17. The molecule has 0 radical (unpaired) electrons. The lowest BCUT2D eigenvalue weighted by molar-refractivity contribution is -0.137. The van der Waals surface area contributed by atoms with Crippen molar-refractivity contribution in [1.29, 1.82) is 5.26 Å². The second-order valence-corrected chi connectivity index (χ2v) is 4.97. The van der Waals surface area contributed by atoms with Crippen molar-refractivity contribution >= 4 is 23.3 Å². The minimum atomic E-state index is -0.755. The van der Waals surface area contributed by atoms with E-state index in [1.807, 2.05) is 13.0 Å². The number of carboxylic acids is 1. The van der Waals surface area contributed by atoms with Gasteiger partial charge in [0.15, 0.2) is 0 Å². The van der Waals surface area contributed by atoms with Gasteiger partial charge in [0.25, 0.3) is 0 Å². The molecule has 1 rings (SSSR count). The van der Waals surface area contributed by atoms with Gasteiger partial charge in [-0.3, -0.25) is 4.79 Å². The number of hydrogen-bond acceptors (Lipinski definition) is 3. The van der Waals surface area contributed by atoms with Crippen molar-refractivity contribution < 1.29 is 9.90 Å². The molecule has 4 nitrogen and oxygen atoms in total. The average molecular weight is 281 g/mol. The molecule has 0 saturated heterocycles. The van der Waals surface area contributed by atoms with Gasteiger partial charge in [0.2, 0.25) is 0 Å². The molecule has 0 saturated carbocycles. The molecule has 19 heavy (non-hydrogen) atoms. The lowest BCUT2D eigenvalue weighted by Crippen LogP contribution is -2.08. The Morgan fingerprint density at radius 1 is 1.53 bits per heavy atom. The average Bonchev–Trinajstić information content (AvgIpc) is 2.38. The van der Waals surface area contributed by atoms with Crippen molar-refractivity contribution in [3.05, 3.63) is 28.8 Å². The largest absolute Gasteiger partial charge is 0.481 e. The van der Waals surface area contributed by atoms with E-state index >= 15 is 0 Å². The van der Waals surface area contributed by atoms with Gasteiger partial charge >= 0.3 is 5.97 Å². The van der Waals surface area contributed by atoms with E-state index in [4.69, 9.17) is 22.0 Å². The molecule has 0 bridgehead atoms. The molecule has 1 aromatic rings. The lowest BCUT2D eigenvalue weighted by Gasteiger charge is -2.12. The number of aliphatic carboxylic acids is 1. The molecule has 0 aliphatic carbocycles. The van der Waals surface area contributed by atoms with Crippen LogP contribution in [-0.2, 0) is 4.79 Å². The van der Waals surface area contributed by atoms with E-state index in [1.54, 1.807) is 18.2 Å². The van der Waals surface area contributed by atoms with Crippen LogP contribution in [0.3, 0.4) is 0 Å². The summed E-state index contributed by atoms with van der Waals surface area (Å²) in [7, 11) is 0. The molecule has 1 unspecified atom stereocenters. The van der Waals surface area contributed by atoms with Crippen molar-refractivity contribution in [1.82, 2.24) is 0 Å². The van der Waals surface area contributed by atoms with Crippen LogP contribution in [0.15, 0.2) is 18.2 Å². The summed E-state index contributed by atoms with van der Waals surface area (Å²) in [5.41, 5.74) is 1.33. The van der Waals surface area contributed by atoms with Gasteiger partial charge in [-0.1, -0.05) is 18.5 Å². The van der Waals surface area contributed by atoms with Crippen LogP contribution in [0.5, 0.6) is 0 Å². The maximum atomic E-state index is 10.4. The predicted octanol–water partition coefficient (Wildman–Crippen LogP) is 3.51. The Balaban J connectivity index is 2.37. The van der Waals surface area contributed by atoms with Gasteiger partial charge in [-0.2, -0.15) is 5.26 Å². The Labute approximate surface area is 118 Å². The maximum Gasteiger partial charge on any atom is 0.303 e. The topological polar surface area (TPSA) is 73.1 Å². The van der Waals surface area contributed by atoms with Crippen molar-refractivity contribution in [3.63, 3.8) is 0 Å². The number of halogens is 1. The molecular weight excluding hydrogens is 264 g/mol. The molecule has 0 amide bonds. The van der Waals surface area contributed by atoms with E-state index in [-0.39, 0.29) is 6.42 Å². The first kappa shape index (κ1) is 15.3. The van der Waals surface area contributed by atoms with Crippen molar-refractivity contribution in [3.8, 4) is 6.07 Å². The summed E-state index contributed by atoms with van der Waals surface area (Å²) >= 11 is 6.03. The number of carbonyl (C=O) groups is 1. The number of nitrogens with zero attached hydrogens (tertiary/aromatic N) is 1. The van der Waals surface area contributed by atoms with Crippen LogP contribution >= 0.6 is 11.6 Å². The van der Waals surface area contributed by atoms with Crippen LogP contribution in [0.4, 0.5) is 5.69 Å². The molecule has 0 spiro atoms. The first-order valence-electron chi connectivity index (χ1n) is 6.18. The molecule has 0 aliphatic heterocycles. The third-order valence-corrected chi connectivity index (χ3v) is 3.21. The monoisotopic (exact) mass is 280 g/mol. The molecule has 5 heteroatoms. The van der Waals surface area contributed by atoms with Gasteiger partial charge in [0.05, 0.1) is 22.3 Å². The zero-order chi connectivity index (χ0) is 14.3. The summed E-state index contributed by atoms with van der Waals surface area (Å²) in [6.45, 7) is 2.76. The summed E-state index contributed by atoms with van der Waals surface area (Å²) in [6.07, 6.45) is 1.76. The van der Waals surface area contributed by atoms with Gasteiger partial charge in [0, 0.05) is 13.0 Å². The first-order chi connectivity index (χ1) is 9.02. The highest BCUT2D eigenvalue weighted by Gasteiger charge is 2.06. The Bertz CT molecular complexity index is 483. The Hall–Kier alpha value is -1.73. The third-order valence-electron chi connectivity index (χ3n) is 2.90. The minimum Gasteiger partial charge on any atom is -0.481 e. The fourth-order valence-electron chi connectivity index (χ4n) is 1.70. The van der Waals surface area contributed by atoms with Gasteiger partial charge in [-0.15, -0.1) is 0 Å². The van der Waals surface area contributed by atoms with Crippen LogP contribution in [0.2, 0.25) is 5.02 Å². The number of rotatable bonds is 7. The third kappa shape index (κ3) is 5.62. The van der Waals surface area contributed by atoms with Crippen LogP contribution in [0.25, 0.3) is 0 Å².